The second-order valence-corrected chi connectivity index (χ2v) is 27.2. The topological polar surface area (TPSA) is 48.5 Å². The normalized spacial score (nSPS) is 13.6. The highest BCUT2D eigenvalue weighted by atomic mass is 15.0. The summed E-state index contributed by atoms with van der Waals surface area (Å²) in [5.74, 6) is 1.79. The number of aromatic nitrogens is 5. The lowest BCUT2D eigenvalue weighted by molar-refractivity contribution is 0.796. The van der Waals surface area contributed by atoms with Crippen LogP contribution in [0.1, 0.15) is 44.5 Å². The number of nitrogens with zero attached hydrogens (tertiary/aromatic N) is 5. The summed E-state index contributed by atoms with van der Waals surface area (Å²) in [4.78, 5) is 16.1. The van der Waals surface area contributed by atoms with Crippen LogP contribution in [0.2, 0.25) is 0 Å². The van der Waals surface area contributed by atoms with Crippen LogP contribution in [0, 0.1) is 0 Å². The van der Waals surface area contributed by atoms with Crippen molar-refractivity contribution < 1.29 is 0 Å². The molecule has 3 aromatic heterocycles. The monoisotopic (exact) mass is 1270 g/mol. The third-order valence-corrected chi connectivity index (χ3v) is 22.4. The number of para-hydroxylation sites is 2. The van der Waals surface area contributed by atoms with Crippen molar-refractivity contribution in [2.75, 3.05) is 0 Å². The number of fused-ring (bicyclic) bond motifs is 26. The van der Waals surface area contributed by atoms with Crippen LogP contribution in [0.15, 0.2) is 346 Å². The summed E-state index contributed by atoms with van der Waals surface area (Å²) in [6.07, 6.45) is 0. The Labute approximate surface area is 577 Å². The molecule has 462 valence electrons. The van der Waals surface area contributed by atoms with E-state index < -0.39 is 10.8 Å². The van der Waals surface area contributed by atoms with Crippen LogP contribution in [0.4, 0.5) is 0 Å². The maximum absolute atomic E-state index is 5.45. The van der Waals surface area contributed by atoms with Gasteiger partial charge < -0.3 is 9.13 Å². The zero-order chi connectivity index (χ0) is 65.4. The molecule has 5 heteroatoms. The molecule has 100 heavy (non-hydrogen) atoms. The highest BCUT2D eigenvalue weighted by Crippen LogP contribution is 2.66. The van der Waals surface area contributed by atoms with Crippen LogP contribution in [0.3, 0.4) is 0 Å². The van der Waals surface area contributed by atoms with Crippen LogP contribution in [0.25, 0.3) is 156 Å². The third-order valence-electron chi connectivity index (χ3n) is 22.4. The zero-order valence-corrected chi connectivity index (χ0v) is 54.1. The van der Waals surface area contributed by atoms with Crippen molar-refractivity contribution >= 4 is 43.6 Å². The standard InChI is InChI=1S/C95H57N5/c1-3-25-58(26-4-1)91-96-92(59-27-5-2-6-28-59)98-93(97-91)62-53-63(99-85-47-21-13-35-73(85)77-55-60(49-51-87(77)99)65-37-23-39-75-71-33-11-19-45-83(71)94(89(65)75)79-41-15-7-29-67(79)68-30-8-16-42-80(68)94)57-64(54-62)100-86-48-22-14-36-74(86)78-56-61(50-52-88(78)100)66-38-24-40-76-72-34-12-20-46-84(72)95(90(66)76)81-43-17-9-31-69(81)70-32-10-18-44-82(70)95/h1-57H. The molecule has 0 saturated carbocycles. The summed E-state index contributed by atoms with van der Waals surface area (Å²) in [5, 5.41) is 4.66. The van der Waals surface area contributed by atoms with Gasteiger partial charge in [0.15, 0.2) is 17.5 Å². The van der Waals surface area contributed by atoms with Crippen LogP contribution >= 0.6 is 0 Å². The number of rotatable bonds is 7. The number of benzene rings is 15. The number of hydrogen-bond acceptors (Lipinski definition) is 3. The van der Waals surface area contributed by atoms with Crippen molar-refractivity contribution in [1.82, 2.24) is 24.1 Å². The molecule has 0 atom stereocenters. The van der Waals surface area contributed by atoms with Gasteiger partial charge in [-0.3, -0.25) is 0 Å². The summed E-state index contributed by atoms with van der Waals surface area (Å²) < 4.78 is 4.93. The van der Waals surface area contributed by atoms with Crippen LogP contribution in [0.5, 0.6) is 0 Å². The van der Waals surface area contributed by atoms with E-state index in [1.54, 1.807) is 0 Å². The molecule has 5 nitrogen and oxygen atoms in total. The molecule has 0 saturated heterocycles. The smallest absolute Gasteiger partial charge is 0.164 e. The Morgan fingerprint density at radius 2 is 0.480 bits per heavy atom. The Hall–Kier alpha value is -13.1. The van der Waals surface area contributed by atoms with Gasteiger partial charge in [0.1, 0.15) is 0 Å². The van der Waals surface area contributed by atoms with E-state index in [4.69, 9.17) is 15.0 Å². The second kappa shape index (κ2) is 20.7. The molecule has 4 aliphatic rings. The van der Waals surface area contributed by atoms with Gasteiger partial charge in [0.25, 0.3) is 0 Å². The molecule has 0 aliphatic heterocycles. The number of hydrogen-bond donors (Lipinski definition) is 0. The Morgan fingerprint density at radius 3 is 0.860 bits per heavy atom. The average molecular weight is 1270 g/mol. The SMILES string of the molecule is c1ccc(-c2nc(-c3ccccc3)nc(-c3cc(-n4c5ccccc5c5cc(-c6cccc7c6C6(c8ccccc8-c8ccccc86)c6ccccc6-7)ccc54)cc(-n4c5ccccc5c5cc(-c6cccc7c6C6(c8ccccc8-c8ccccc86)c6ccccc6-7)ccc54)c3)n2)cc1. The predicted octanol–water partition coefficient (Wildman–Crippen LogP) is 23.1. The van der Waals surface area contributed by atoms with Crippen LogP contribution in [-0.4, -0.2) is 24.1 Å². The molecule has 18 aromatic rings. The van der Waals surface area contributed by atoms with Crippen molar-refractivity contribution in [1.29, 1.82) is 0 Å². The van der Waals surface area contributed by atoms with Crippen molar-refractivity contribution in [2.24, 2.45) is 0 Å². The van der Waals surface area contributed by atoms with Crippen molar-refractivity contribution in [2.45, 2.75) is 10.8 Å². The Bertz CT molecular complexity index is 6030. The molecule has 0 radical (unpaired) electrons. The first-order chi connectivity index (χ1) is 49.6. The van der Waals surface area contributed by atoms with Gasteiger partial charge in [0, 0.05) is 49.6 Å². The molecule has 4 aliphatic carbocycles. The second-order valence-electron chi connectivity index (χ2n) is 27.2. The maximum atomic E-state index is 5.45. The molecule has 0 amide bonds. The third kappa shape index (κ3) is 7.36. The van der Waals surface area contributed by atoms with E-state index in [1.807, 2.05) is 36.4 Å². The van der Waals surface area contributed by atoms with Crippen molar-refractivity contribution in [3.8, 4) is 112 Å². The van der Waals surface area contributed by atoms with E-state index >= 15 is 0 Å². The largest absolute Gasteiger partial charge is 0.309 e. The lowest BCUT2D eigenvalue weighted by atomic mass is 9.68. The van der Waals surface area contributed by atoms with E-state index in [0.29, 0.717) is 17.5 Å². The lowest BCUT2D eigenvalue weighted by Crippen LogP contribution is -2.26. The lowest BCUT2D eigenvalue weighted by Gasteiger charge is -2.32. The summed E-state index contributed by atoms with van der Waals surface area (Å²) in [7, 11) is 0. The first-order valence-corrected chi connectivity index (χ1v) is 34.6. The Morgan fingerprint density at radius 1 is 0.190 bits per heavy atom. The molecule has 0 fully saturated rings. The Balaban J connectivity index is 0.773. The minimum atomic E-state index is -0.508. The van der Waals surface area contributed by atoms with Gasteiger partial charge in [-0.15, -0.1) is 0 Å². The highest BCUT2D eigenvalue weighted by Gasteiger charge is 2.54. The van der Waals surface area contributed by atoms with Gasteiger partial charge in [0.2, 0.25) is 0 Å². The van der Waals surface area contributed by atoms with E-state index in [9.17, 15) is 0 Å². The molecule has 15 aromatic carbocycles. The summed E-state index contributed by atoms with van der Waals surface area (Å²) >= 11 is 0. The average Bonchev–Trinajstić information content (AvgIpc) is 1.51. The summed E-state index contributed by atoms with van der Waals surface area (Å²) in [6.45, 7) is 0. The first kappa shape index (κ1) is 55.1. The van der Waals surface area contributed by atoms with E-state index in [1.165, 1.54) is 122 Å². The van der Waals surface area contributed by atoms with Gasteiger partial charge >= 0.3 is 0 Å². The summed E-state index contributed by atoms with van der Waals surface area (Å²) in [5.41, 5.74) is 33.8. The summed E-state index contributed by atoms with van der Waals surface area (Å²) in [6, 6.07) is 128. The van der Waals surface area contributed by atoms with Crippen LogP contribution < -0.4 is 0 Å². The molecule has 22 rings (SSSR count). The molecule has 0 unspecified atom stereocenters. The van der Waals surface area contributed by atoms with Gasteiger partial charge in [-0.05, 0) is 166 Å². The minimum Gasteiger partial charge on any atom is -0.309 e. The predicted molar refractivity (Wildman–Crippen MR) is 408 cm³/mol. The van der Waals surface area contributed by atoms with Gasteiger partial charge in [-0.2, -0.15) is 0 Å². The van der Waals surface area contributed by atoms with E-state index in [2.05, 4.69) is 319 Å². The highest BCUT2D eigenvalue weighted by molar-refractivity contribution is 6.13. The fraction of sp³-hybridized carbons (Fsp3) is 0.0211. The van der Waals surface area contributed by atoms with E-state index in [0.717, 1.165) is 60.9 Å². The quantitative estimate of drug-likeness (QED) is 0.160. The van der Waals surface area contributed by atoms with Crippen molar-refractivity contribution in [3.63, 3.8) is 0 Å². The van der Waals surface area contributed by atoms with Crippen molar-refractivity contribution in [3.05, 3.63) is 390 Å². The minimum absolute atomic E-state index is 0.508. The fourth-order valence-electron chi connectivity index (χ4n) is 18.5. The molecular weight excluding hydrogens is 1210 g/mol. The molecule has 2 spiro atoms. The maximum Gasteiger partial charge on any atom is 0.164 e. The molecule has 0 N–H and O–H groups in total. The van der Waals surface area contributed by atoms with Gasteiger partial charge in [-0.25, -0.2) is 15.0 Å². The zero-order valence-electron chi connectivity index (χ0n) is 54.1. The van der Waals surface area contributed by atoms with Gasteiger partial charge in [0.05, 0.1) is 32.9 Å². The molecule has 0 bridgehead atoms. The van der Waals surface area contributed by atoms with E-state index in [-0.39, 0.29) is 0 Å². The van der Waals surface area contributed by atoms with Crippen LogP contribution in [-0.2, 0) is 10.8 Å². The molecule has 3 heterocycles. The fourth-order valence-corrected chi connectivity index (χ4v) is 18.5. The molecular formula is C95H57N5. The first-order valence-electron chi connectivity index (χ1n) is 34.6. The van der Waals surface area contributed by atoms with Gasteiger partial charge in [-0.1, -0.05) is 291 Å². The Kier molecular flexibility index (Phi) is 11.4.